The van der Waals surface area contributed by atoms with Gasteiger partial charge in [-0.2, -0.15) is 4.98 Å². The van der Waals surface area contributed by atoms with E-state index in [2.05, 4.69) is 25.7 Å². The lowest BCUT2D eigenvalue weighted by molar-refractivity contribution is -0.115. The number of amides is 1. The molecule has 3 aromatic heterocycles. The number of ether oxygens (including phenoxy) is 1. The van der Waals surface area contributed by atoms with Gasteiger partial charge in [-0.15, -0.1) is 10.2 Å². The lowest BCUT2D eigenvalue weighted by Crippen LogP contribution is -2.16. The van der Waals surface area contributed by atoms with Crippen LogP contribution in [0.25, 0.3) is 17.1 Å². The van der Waals surface area contributed by atoms with Gasteiger partial charge in [-0.25, -0.2) is 0 Å². The van der Waals surface area contributed by atoms with Crippen molar-refractivity contribution in [3.05, 3.63) is 53.7 Å². The topological polar surface area (TPSA) is 107 Å². The van der Waals surface area contributed by atoms with E-state index >= 15 is 0 Å². The maximum Gasteiger partial charge on any atom is 0.258 e. The van der Waals surface area contributed by atoms with E-state index in [1.165, 1.54) is 0 Å². The summed E-state index contributed by atoms with van der Waals surface area (Å²) in [5.41, 5.74) is 2.76. The van der Waals surface area contributed by atoms with Crippen molar-refractivity contribution in [1.82, 2.24) is 24.7 Å². The Bertz CT molecular complexity index is 1250. The fraction of sp³-hybridized carbons (Fsp3) is 0.318. The molecular formula is C22H24N6O3. The Morgan fingerprint density at radius 2 is 2.00 bits per heavy atom. The molecule has 0 spiro atoms. The first kappa shape index (κ1) is 20.5. The monoisotopic (exact) mass is 420 g/mol. The lowest BCUT2D eigenvalue weighted by atomic mass is 9.96. The summed E-state index contributed by atoms with van der Waals surface area (Å²) in [4.78, 5) is 17.1. The lowest BCUT2D eigenvalue weighted by Gasteiger charge is -2.11. The number of nitrogens with zero attached hydrogens (tertiary/aromatic N) is 5. The van der Waals surface area contributed by atoms with Gasteiger partial charge < -0.3 is 14.6 Å². The zero-order valence-electron chi connectivity index (χ0n) is 18.1. The van der Waals surface area contributed by atoms with Crippen LogP contribution in [0.3, 0.4) is 0 Å². The molecule has 0 aliphatic rings. The second-order valence-corrected chi connectivity index (χ2v) is 8.36. The molecule has 0 saturated heterocycles. The van der Waals surface area contributed by atoms with Crippen LogP contribution in [0.1, 0.15) is 38.0 Å². The summed E-state index contributed by atoms with van der Waals surface area (Å²) in [5.74, 6) is 1.96. The Hall–Kier alpha value is -3.75. The van der Waals surface area contributed by atoms with E-state index in [9.17, 15) is 4.79 Å². The van der Waals surface area contributed by atoms with E-state index in [4.69, 9.17) is 9.26 Å². The molecule has 1 aromatic carbocycles. The van der Waals surface area contributed by atoms with Gasteiger partial charge in [-0.1, -0.05) is 32.0 Å². The van der Waals surface area contributed by atoms with Crippen LogP contribution in [-0.4, -0.2) is 37.8 Å². The smallest absolute Gasteiger partial charge is 0.258 e. The fourth-order valence-electron chi connectivity index (χ4n) is 3.10. The molecule has 4 aromatic rings. The molecule has 0 aliphatic heterocycles. The normalized spacial score (nSPS) is 11.6. The number of rotatable bonds is 5. The summed E-state index contributed by atoms with van der Waals surface area (Å²) in [5, 5.41) is 15.3. The molecule has 160 valence electrons. The second kappa shape index (κ2) is 7.82. The summed E-state index contributed by atoms with van der Waals surface area (Å²) in [6.07, 6.45) is 1.85. The molecule has 9 heteroatoms. The third kappa shape index (κ3) is 4.25. The quantitative estimate of drug-likeness (QED) is 0.526. The van der Waals surface area contributed by atoms with Gasteiger partial charge in [0.05, 0.1) is 19.2 Å². The van der Waals surface area contributed by atoms with Gasteiger partial charge in [0.1, 0.15) is 11.6 Å². The number of hydrogen-bond donors (Lipinski definition) is 1. The van der Waals surface area contributed by atoms with Crippen LogP contribution in [0.5, 0.6) is 5.75 Å². The van der Waals surface area contributed by atoms with E-state index in [0.29, 0.717) is 34.6 Å². The van der Waals surface area contributed by atoms with Crippen molar-refractivity contribution >= 4 is 17.2 Å². The highest BCUT2D eigenvalue weighted by Crippen LogP contribution is 2.26. The molecule has 9 nitrogen and oxygen atoms in total. The largest absolute Gasteiger partial charge is 0.495 e. The van der Waals surface area contributed by atoms with Crippen LogP contribution in [0.2, 0.25) is 0 Å². The van der Waals surface area contributed by atoms with E-state index < -0.39 is 0 Å². The van der Waals surface area contributed by atoms with Crippen molar-refractivity contribution in [2.75, 3.05) is 12.4 Å². The highest BCUT2D eigenvalue weighted by atomic mass is 16.5. The predicted molar refractivity (Wildman–Crippen MR) is 115 cm³/mol. The minimum Gasteiger partial charge on any atom is -0.495 e. The van der Waals surface area contributed by atoms with Gasteiger partial charge in [0.15, 0.2) is 11.5 Å². The van der Waals surface area contributed by atoms with E-state index in [0.717, 1.165) is 11.1 Å². The number of anilines is 1. The summed E-state index contributed by atoms with van der Waals surface area (Å²) in [7, 11) is 1.57. The molecule has 0 saturated carbocycles. The highest BCUT2D eigenvalue weighted by molar-refractivity contribution is 5.93. The van der Waals surface area contributed by atoms with E-state index in [1.807, 2.05) is 52.0 Å². The number of nitrogens with one attached hydrogen (secondary N) is 1. The van der Waals surface area contributed by atoms with Crippen LogP contribution in [0.4, 0.5) is 5.69 Å². The summed E-state index contributed by atoms with van der Waals surface area (Å²) in [6, 6.07) is 9.24. The molecule has 0 radical (unpaired) electrons. The standard InChI is InChI=1S/C22H24N6O3/c1-13-6-7-16(30-5)15(10-13)23-19(29)12-18-26-25-17-11-14(8-9-28(17)18)20-24-21(27-31-20)22(2,3)4/h6-11H,12H2,1-5H3,(H,23,29). The maximum atomic E-state index is 12.6. The second-order valence-electron chi connectivity index (χ2n) is 8.36. The third-order valence-electron chi connectivity index (χ3n) is 4.77. The van der Waals surface area contributed by atoms with Crippen molar-refractivity contribution in [2.24, 2.45) is 0 Å². The van der Waals surface area contributed by atoms with Gasteiger partial charge >= 0.3 is 0 Å². The van der Waals surface area contributed by atoms with Crippen molar-refractivity contribution in [1.29, 1.82) is 0 Å². The minimum atomic E-state index is -0.214. The summed E-state index contributed by atoms with van der Waals surface area (Å²) in [6.45, 7) is 8.01. The molecule has 0 aliphatic carbocycles. The van der Waals surface area contributed by atoms with Gasteiger partial charge in [-0.3, -0.25) is 9.20 Å². The Kier molecular flexibility index (Phi) is 5.18. The number of aryl methyl sites for hydroxylation is 1. The number of methoxy groups -OCH3 is 1. The first-order chi connectivity index (χ1) is 14.7. The number of hydrogen-bond acceptors (Lipinski definition) is 7. The Labute approximate surface area is 179 Å². The average Bonchev–Trinajstić information content (AvgIpc) is 3.35. The molecular weight excluding hydrogens is 396 g/mol. The van der Waals surface area contributed by atoms with Gasteiger partial charge in [0, 0.05) is 17.2 Å². The van der Waals surface area contributed by atoms with Gasteiger partial charge in [0.2, 0.25) is 5.91 Å². The highest BCUT2D eigenvalue weighted by Gasteiger charge is 2.22. The molecule has 0 fully saturated rings. The summed E-state index contributed by atoms with van der Waals surface area (Å²) >= 11 is 0. The Balaban J connectivity index is 1.54. The molecule has 31 heavy (non-hydrogen) atoms. The Morgan fingerprint density at radius 1 is 1.19 bits per heavy atom. The Morgan fingerprint density at radius 3 is 2.71 bits per heavy atom. The van der Waals surface area contributed by atoms with Crippen molar-refractivity contribution in [2.45, 2.75) is 39.5 Å². The zero-order chi connectivity index (χ0) is 22.2. The molecule has 3 heterocycles. The predicted octanol–water partition coefficient (Wildman–Crippen LogP) is 3.58. The van der Waals surface area contributed by atoms with Crippen LogP contribution in [0.15, 0.2) is 41.1 Å². The van der Waals surface area contributed by atoms with Crippen LogP contribution < -0.4 is 10.1 Å². The average molecular weight is 420 g/mol. The van der Waals surface area contributed by atoms with Crippen LogP contribution in [-0.2, 0) is 16.6 Å². The number of carbonyl (C=O) groups excluding carboxylic acids is 1. The van der Waals surface area contributed by atoms with Crippen molar-refractivity contribution < 1.29 is 14.1 Å². The molecule has 0 bridgehead atoms. The molecule has 1 N–H and O–H groups in total. The van der Waals surface area contributed by atoms with Gasteiger partial charge in [0.25, 0.3) is 5.89 Å². The molecule has 4 rings (SSSR count). The molecule has 0 unspecified atom stereocenters. The SMILES string of the molecule is COc1ccc(C)cc1NC(=O)Cc1nnc2cc(-c3nc(C(C)(C)C)no3)ccn12. The summed E-state index contributed by atoms with van der Waals surface area (Å²) < 4.78 is 12.5. The van der Waals surface area contributed by atoms with Crippen LogP contribution >= 0.6 is 0 Å². The maximum absolute atomic E-state index is 12.6. The molecule has 1 amide bonds. The first-order valence-corrected chi connectivity index (χ1v) is 9.87. The fourth-order valence-corrected chi connectivity index (χ4v) is 3.10. The number of benzene rings is 1. The van der Waals surface area contributed by atoms with E-state index in [1.54, 1.807) is 23.8 Å². The molecule has 0 atom stereocenters. The number of aromatic nitrogens is 5. The van der Waals surface area contributed by atoms with Crippen molar-refractivity contribution in [3.63, 3.8) is 0 Å². The number of pyridine rings is 1. The zero-order valence-corrected chi connectivity index (χ0v) is 18.1. The number of carbonyl (C=O) groups is 1. The first-order valence-electron chi connectivity index (χ1n) is 9.87. The van der Waals surface area contributed by atoms with Crippen LogP contribution in [0, 0.1) is 6.92 Å². The minimum absolute atomic E-state index is 0.0618. The third-order valence-corrected chi connectivity index (χ3v) is 4.77. The number of fused-ring (bicyclic) bond motifs is 1. The van der Waals surface area contributed by atoms with Crippen molar-refractivity contribution in [3.8, 4) is 17.2 Å². The van der Waals surface area contributed by atoms with E-state index in [-0.39, 0.29) is 17.7 Å². The van der Waals surface area contributed by atoms with Gasteiger partial charge in [-0.05, 0) is 36.8 Å².